The highest BCUT2D eigenvalue weighted by atomic mass is 28.4. The molecule has 0 fully saturated rings. The number of ether oxygens (including phenoxy) is 3. The molecule has 7 nitrogen and oxygen atoms in total. The van der Waals surface area contributed by atoms with Gasteiger partial charge in [0.2, 0.25) is 0 Å². The van der Waals surface area contributed by atoms with Crippen molar-refractivity contribution in [2.75, 3.05) is 0 Å². The fourth-order valence-corrected chi connectivity index (χ4v) is 9.13. The second-order valence-corrected chi connectivity index (χ2v) is 14.9. The van der Waals surface area contributed by atoms with Crippen LogP contribution in [0, 0.1) is 0 Å². The lowest BCUT2D eigenvalue weighted by molar-refractivity contribution is -0.179. The molecule has 0 saturated carbocycles. The number of hydrogen-bond donors (Lipinski definition) is 0. The third-order valence-corrected chi connectivity index (χ3v) is 11.7. The molecule has 0 aliphatic rings. The Balaban J connectivity index is 1.68. The summed E-state index contributed by atoms with van der Waals surface area (Å²) in [5.41, 5.74) is 0.812. The van der Waals surface area contributed by atoms with Crippen molar-refractivity contribution in [3.8, 4) is 0 Å². The van der Waals surface area contributed by atoms with Crippen LogP contribution in [0.5, 0.6) is 0 Å². The van der Waals surface area contributed by atoms with Crippen LogP contribution in [0.2, 0.25) is 5.04 Å². The highest BCUT2D eigenvalue weighted by Gasteiger charge is 2.52. The fourth-order valence-electron chi connectivity index (χ4n) is 4.49. The Bertz CT molecular complexity index is 1220. The molecule has 0 bridgehead atoms. The quantitative estimate of drug-likeness (QED) is 0.192. The molecule has 0 aliphatic heterocycles. The average molecular weight is 563 g/mol. The summed E-state index contributed by atoms with van der Waals surface area (Å²) in [4.78, 5) is 38.1. The first-order valence-electron chi connectivity index (χ1n) is 13.4. The molecule has 3 aromatic carbocycles. The first-order chi connectivity index (χ1) is 19.0. The lowest BCUT2D eigenvalue weighted by Crippen LogP contribution is -2.68. The zero-order chi connectivity index (χ0) is 29.3. The molecule has 0 aliphatic carbocycles. The first-order valence-corrected chi connectivity index (χ1v) is 15.3. The van der Waals surface area contributed by atoms with Gasteiger partial charge in [-0.25, -0.2) is 14.4 Å². The van der Waals surface area contributed by atoms with E-state index >= 15 is 0 Å². The summed E-state index contributed by atoms with van der Waals surface area (Å²) in [6.07, 6.45) is -3.39. The Morgan fingerprint density at radius 3 is 1.48 bits per heavy atom. The summed E-state index contributed by atoms with van der Waals surface area (Å²) in [6, 6.07) is 29.0. The Morgan fingerprint density at radius 2 is 1.02 bits per heavy atom. The van der Waals surface area contributed by atoms with Crippen LogP contribution in [0.3, 0.4) is 0 Å². The van der Waals surface area contributed by atoms with Gasteiger partial charge in [0.1, 0.15) is 12.7 Å². The zero-order valence-electron chi connectivity index (χ0n) is 24.0. The fraction of sp³-hybridized carbons (Fsp3) is 0.344. The molecule has 3 rings (SSSR count). The van der Waals surface area contributed by atoms with Crippen molar-refractivity contribution in [1.29, 1.82) is 0 Å². The topological polar surface area (TPSA) is 88.1 Å². The van der Waals surface area contributed by atoms with Crippen LogP contribution in [0.25, 0.3) is 0 Å². The summed E-state index contributed by atoms with van der Waals surface area (Å²) in [7, 11) is -3.01. The molecular weight excluding hydrogens is 524 g/mol. The predicted octanol–water partition coefficient (Wildman–Crippen LogP) is 4.56. The highest BCUT2D eigenvalue weighted by Crippen LogP contribution is 2.37. The second-order valence-electron chi connectivity index (χ2n) is 10.7. The molecule has 0 spiro atoms. The Kier molecular flexibility index (Phi) is 10.4. The molecule has 0 aromatic heterocycles. The van der Waals surface area contributed by atoms with Crippen LogP contribution < -0.4 is 10.4 Å². The van der Waals surface area contributed by atoms with E-state index in [4.69, 9.17) is 18.6 Å². The van der Waals surface area contributed by atoms with Gasteiger partial charge >= 0.3 is 17.9 Å². The second kappa shape index (κ2) is 13.5. The number of hydrogen-bond acceptors (Lipinski definition) is 7. The molecule has 0 unspecified atom stereocenters. The van der Waals surface area contributed by atoms with E-state index in [-0.39, 0.29) is 11.6 Å². The molecular formula is C32H38O7Si. The largest absolute Gasteiger partial charge is 0.458 e. The van der Waals surface area contributed by atoms with Crippen molar-refractivity contribution >= 4 is 36.6 Å². The molecule has 8 heteroatoms. The van der Waals surface area contributed by atoms with Crippen molar-refractivity contribution in [3.05, 3.63) is 96.6 Å². The van der Waals surface area contributed by atoms with Gasteiger partial charge in [-0.05, 0) is 41.7 Å². The standard InChI is InChI=1S/C32H38O7Si/c1-23(29(33)36-22-26-16-10-7-11-17-26)37-30(34)24(2)38-31(35)25(3)39-40(32(4,5)6,27-18-12-8-13-19-27)28-20-14-9-15-21-28/h7-21,23-25H,22H2,1-6H3/t23-,24-,25+/m1/s1. The highest BCUT2D eigenvalue weighted by molar-refractivity contribution is 6.99. The van der Waals surface area contributed by atoms with Gasteiger partial charge in [0, 0.05) is 0 Å². The minimum absolute atomic E-state index is 0.0587. The number of rotatable bonds is 11. The van der Waals surface area contributed by atoms with E-state index in [1.807, 2.05) is 91.0 Å². The summed E-state index contributed by atoms with van der Waals surface area (Å²) >= 11 is 0. The zero-order valence-corrected chi connectivity index (χ0v) is 25.0. The number of esters is 3. The van der Waals surface area contributed by atoms with Gasteiger partial charge in [0.15, 0.2) is 12.2 Å². The number of carbonyl (C=O) groups excluding carboxylic acids is 3. The maximum Gasteiger partial charge on any atom is 0.347 e. The van der Waals surface area contributed by atoms with Crippen molar-refractivity contribution in [3.63, 3.8) is 0 Å². The van der Waals surface area contributed by atoms with Gasteiger partial charge in [-0.2, -0.15) is 0 Å². The maximum atomic E-state index is 13.2. The Morgan fingerprint density at radius 1 is 0.625 bits per heavy atom. The third kappa shape index (κ3) is 7.46. The average Bonchev–Trinajstić information content (AvgIpc) is 2.95. The minimum atomic E-state index is -3.01. The monoisotopic (exact) mass is 562 g/mol. The number of carbonyl (C=O) groups is 3. The van der Waals surface area contributed by atoms with E-state index in [9.17, 15) is 14.4 Å². The lowest BCUT2D eigenvalue weighted by atomic mass is 10.2. The van der Waals surface area contributed by atoms with Gasteiger partial charge in [0.05, 0.1) is 0 Å². The predicted molar refractivity (Wildman–Crippen MR) is 156 cm³/mol. The normalized spacial score (nSPS) is 13.9. The molecule has 3 atom stereocenters. The van der Waals surface area contributed by atoms with Gasteiger partial charge in [-0.3, -0.25) is 0 Å². The SMILES string of the molecule is C[C@H](O[Si](c1ccccc1)(c1ccccc1)C(C)(C)C)C(=O)O[C@H](C)C(=O)O[C@H](C)C(=O)OCc1ccccc1. The lowest BCUT2D eigenvalue weighted by Gasteiger charge is -2.44. The third-order valence-electron chi connectivity index (χ3n) is 6.58. The smallest absolute Gasteiger partial charge is 0.347 e. The molecule has 212 valence electrons. The summed E-state index contributed by atoms with van der Waals surface area (Å²) in [6.45, 7) is 10.8. The number of benzene rings is 3. The summed E-state index contributed by atoms with van der Waals surface area (Å²) in [5.74, 6) is -2.24. The van der Waals surface area contributed by atoms with Gasteiger partial charge in [-0.1, -0.05) is 112 Å². The van der Waals surface area contributed by atoms with E-state index in [1.165, 1.54) is 13.8 Å². The van der Waals surface area contributed by atoms with Gasteiger partial charge in [-0.15, -0.1) is 0 Å². The van der Waals surface area contributed by atoms with Gasteiger partial charge < -0.3 is 18.6 Å². The van der Waals surface area contributed by atoms with E-state index in [1.54, 1.807) is 6.92 Å². The van der Waals surface area contributed by atoms with Crippen LogP contribution in [0.1, 0.15) is 47.1 Å². The molecule has 0 N–H and O–H groups in total. The van der Waals surface area contributed by atoms with E-state index in [2.05, 4.69) is 20.8 Å². The van der Waals surface area contributed by atoms with Crippen LogP contribution in [-0.4, -0.2) is 44.5 Å². The van der Waals surface area contributed by atoms with Crippen molar-refractivity contribution in [2.24, 2.45) is 0 Å². The first kappa shape index (κ1) is 30.8. The maximum absolute atomic E-state index is 13.2. The molecule has 40 heavy (non-hydrogen) atoms. The molecule has 0 radical (unpaired) electrons. The van der Waals surface area contributed by atoms with Crippen LogP contribution in [-0.2, 0) is 39.6 Å². The molecule has 3 aromatic rings. The Hall–Kier alpha value is -3.75. The van der Waals surface area contributed by atoms with E-state index < -0.39 is 44.5 Å². The van der Waals surface area contributed by atoms with Gasteiger partial charge in [0.25, 0.3) is 8.32 Å². The van der Waals surface area contributed by atoms with Crippen molar-refractivity contribution < 1.29 is 33.0 Å². The van der Waals surface area contributed by atoms with Crippen molar-refractivity contribution in [1.82, 2.24) is 0 Å². The van der Waals surface area contributed by atoms with Crippen LogP contribution in [0.15, 0.2) is 91.0 Å². The van der Waals surface area contributed by atoms with E-state index in [0.29, 0.717) is 0 Å². The molecule has 0 saturated heterocycles. The molecule has 0 amide bonds. The van der Waals surface area contributed by atoms with Crippen LogP contribution >= 0.6 is 0 Å². The Labute approximate surface area is 237 Å². The minimum Gasteiger partial charge on any atom is -0.458 e. The summed E-state index contributed by atoms with van der Waals surface area (Å²) in [5, 5.41) is 1.69. The van der Waals surface area contributed by atoms with Crippen LogP contribution in [0.4, 0.5) is 0 Å². The van der Waals surface area contributed by atoms with Crippen molar-refractivity contribution in [2.45, 2.75) is 71.5 Å². The molecule has 0 heterocycles. The summed E-state index contributed by atoms with van der Waals surface area (Å²) < 4.78 is 22.6. The van der Waals surface area contributed by atoms with E-state index in [0.717, 1.165) is 15.9 Å².